The van der Waals surface area contributed by atoms with Crippen LogP contribution in [0.1, 0.15) is 25.1 Å². The lowest BCUT2D eigenvalue weighted by Gasteiger charge is -2.25. The van der Waals surface area contributed by atoms with Gasteiger partial charge in [-0.25, -0.2) is 8.42 Å². The van der Waals surface area contributed by atoms with E-state index in [0.717, 1.165) is 11.4 Å². The molecule has 1 saturated heterocycles. The Labute approximate surface area is 108 Å². The molecule has 1 aliphatic rings. The fourth-order valence-corrected chi connectivity index (χ4v) is 3.94. The van der Waals surface area contributed by atoms with Gasteiger partial charge in [0.2, 0.25) is 0 Å². The average molecular weight is 269 g/mol. The molecular formula is C12H19N3O2S. The normalized spacial score (nSPS) is 23.8. The Bertz CT molecular complexity index is 511. The zero-order chi connectivity index (χ0) is 13.3. The van der Waals surface area contributed by atoms with E-state index < -0.39 is 9.84 Å². The molecule has 0 amide bonds. The van der Waals surface area contributed by atoms with E-state index in [-0.39, 0.29) is 23.6 Å². The van der Waals surface area contributed by atoms with E-state index in [1.54, 1.807) is 6.20 Å². The van der Waals surface area contributed by atoms with Crippen molar-refractivity contribution in [3.8, 4) is 0 Å². The maximum atomic E-state index is 11.5. The average Bonchev–Trinajstić information content (AvgIpc) is 2.69. The third kappa shape index (κ3) is 2.81. The molecule has 0 bridgehead atoms. The second-order valence-corrected chi connectivity index (χ2v) is 7.13. The fourth-order valence-electron chi connectivity index (χ4n) is 2.17. The summed E-state index contributed by atoms with van der Waals surface area (Å²) in [5, 5.41) is 0. The topological polar surface area (TPSA) is 76.3 Å². The highest BCUT2D eigenvalue weighted by molar-refractivity contribution is 7.91. The number of nitrogens with zero attached hydrogens (tertiary/aromatic N) is 2. The number of aromatic nitrogens is 1. The summed E-state index contributed by atoms with van der Waals surface area (Å²) in [5.74, 6) is 0.520. The van der Waals surface area contributed by atoms with Gasteiger partial charge >= 0.3 is 0 Å². The van der Waals surface area contributed by atoms with Crippen LogP contribution in [0.3, 0.4) is 0 Å². The van der Waals surface area contributed by atoms with Gasteiger partial charge < -0.3 is 10.6 Å². The van der Waals surface area contributed by atoms with Crippen molar-refractivity contribution in [1.29, 1.82) is 0 Å². The van der Waals surface area contributed by atoms with Gasteiger partial charge in [0.25, 0.3) is 0 Å². The van der Waals surface area contributed by atoms with Crippen LogP contribution in [0.4, 0.5) is 5.69 Å². The van der Waals surface area contributed by atoms with Crippen molar-refractivity contribution in [2.45, 2.75) is 25.4 Å². The third-order valence-electron chi connectivity index (χ3n) is 3.40. The first-order valence-corrected chi connectivity index (χ1v) is 7.86. The zero-order valence-electron chi connectivity index (χ0n) is 10.7. The molecule has 18 heavy (non-hydrogen) atoms. The summed E-state index contributed by atoms with van der Waals surface area (Å²) in [6.45, 7) is 1.88. The molecule has 2 heterocycles. The number of rotatable bonds is 3. The molecule has 0 radical (unpaired) electrons. The smallest absolute Gasteiger partial charge is 0.152 e. The molecule has 1 aromatic heterocycles. The SMILES string of the molecule is C[C@H](N)c1ccc(N(C)C2CCS(=O)(=O)C2)cn1. The first kappa shape index (κ1) is 13.3. The van der Waals surface area contributed by atoms with E-state index in [9.17, 15) is 8.42 Å². The van der Waals surface area contributed by atoms with E-state index in [1.807, 2.05) is 31.0 Å². The molecule has 0 aromatic carbocycles. The molecule has 1 aliphatic heterocycles. The molecule has 0 saturated carbocycles. The van der Waals surface area contributed by atoms with Crippen molar-refractivity contribution >= 4 is 15.5 Å². The molecule has 1 fully saturated rings. The Kier molecular flexibility index (Phi) is 3.59. The Hall–Kier alpha value is -1.14. The standard InChI is InChI=1S/C12H19N3O2S/c1-9(13)12-4-3-10(7-14-12)15(2)11-5-6-18(16,17)8-11/h3-4,7,9,11H,5-6,8,13H2,1-2H3/t9-,11?/m0/s1. The Morgan fingerprint density at radius 2 is 2.22 bits per heavy atom. The molecule has 0 spiro atoms. The molecule has 6 heteroatoms. The molecule has 2 N–H and O–H groups in total. The van der Waals surface area contributed by atoms with Crippen molar-refractivity contribution in [2.24, 2.45) is 5.73 Å². The zero-order valence-corrected chi connectivity index (χ0v) is 11.5. The van der Waals surface area contributed by atoms with E-state index >= 15 is 0 Å². The minimum absolute atomic E-state index is 0.0537. The summed E-state index contributed by atoms with van der Waals surface area (Å²) in [6, 6.07) is 3.80. The van der Waals surface area contributed by atoms with Crippen molar-refractivity contribution in [3.63, 3.8) is 0 Å². The van der Waals surface area contributed by atoms with Crippen LogP contribution in [0.5, 0.6) is 0 Å². The third-order valence-corrected chi connectivity index (χ3v) is 5.15. The van der Waals surface area contributed by atoms with Crippen LogP contribution in [-0.2, 0) is 9.84 Å². The Morgan fingerprint density at radius 1 is 1.50 bits per heavy atom. The summed E-state index contributed by atoms with van der Waals surface area (Å²) >= 11 is 0. The minimum atomic E-state index is -2.85. The lowest BCUT2D eigenvalue weighted by Crippen LogP contribution is -2.32. The predicted molar refractivity (Wildman–Crippen MR) is 72.3 cm³/mol. The van der Waals surface area contributed by atoms with Crippen LogP contribution in [0.25, 0.3) is 0 Å². The molecule has 5 nitrogen and oxygen atoms in total. The minimum Gasteiger partial charge on any atom is -0.369 e. The number of pyridine rings is 1. The van der Waals surface area contributed by atoms with E-state index in [0.29, 0.717) is 6.42 Å². The first-order chi connectivity index (χ1) is 8.39. The van der Waals surface area contributed by atoms with Gasteiger partial charge in [-0.1, -0.05) is 0 Å². The monoisotopic (exact) mass is 269 g/mol. The van der Waals surface area contributed by atoms with Crippen LogP contribution in [0.2, 0.25) is 0 Å². The summed E-state index contributed by atoms with van der Waals surface area (Å²) in [5.41, 5.74) is 7.51. The molecule has 100 valence electrons. The molecule has 1 unspecified atom stereocenters. The number of sulfone groups is 1. The van der Waals surface area contributed by atoms with E-state index in [2.05, 4.69) is 4.98 Å². The van der Waals surface area contributed by atoms with Crippen molar-refractivity contribution in [3.05, 3.63) is 24.0 Å². The van der Waals surface area contributed by atoms with Crippen LogP contribution in [0, 0.1) is 0 Å². The summed E-state index contributed by atoms with van der Waals surface area (Å²) in [6.07, 6.45) is 2.44. The van der Waals surface area contributed by atoms with E-state index in [1.165, 1.54) is 0 Å². The van der Waals surface area contributed by atoms with Gasteiger partial charge in [-0.05, 0) is 25.5 Å². The number of nitrogens with two attached hydrogens (primary N) is 1. The second kappa shape index (κ2) is 4.85. The maximum Gasteiger partial charge on any atom is 0.152 e. The van der Waals surface area contributed by atoms with Gasteiger partial charge in [0.05, 0.1) is 29.1 Å². The predicted octanol–water partition coefficient (Wildman–Crippen LogP) is 0.725. The van der Waals surface area contributed by atoms with Crippen molar-refractivity contribution in [2.75, 3.05) is 23.5 Å². The van der Waals surface area contributed by atoms with Crippen LogP contribution in [0.15, 0.2) is 18.3 Å². The molecular weight excluding hydrogens is 250 g/mol. The molecule has 2 atom stereocenters. The second-order valence-electron chi connectivity index (χ2n) is 4.90. The summed E-state index contributed by atoms with van der Waals surface area (Å²) in [4.78, 5) is 6.28. The largest absolute Gasteiger partial charge is 0.369 e. The highest BCUT2D eigenvalue weighted by atomic mass is 32.2. The van der Waals surface area contributed by atoms with Crippen LogP contribution >= 0.6 is 0 Å². The van der Waals surface area contributed by atoms with Gasteiger partial charge in [0, 0.05) is 19.1 Å². The lowest BCUT2D eigenvalue weighted by atomic mass is 10.2. The fraction of sp³-hybridized carbons (Fsp3) is 0.583. The number of hydrogen-bond acceptors (Lipinski definition) is 5. The Balaban J connectivity index is 2.12. The first-order valence-electron chi connectivity index (χ1n) is 6.04. The van der Waals surface area contributed by atoms with Crippen molar-refractivity contribution < 1.29 is 8.42 Å². The summed E-state index contributed by atoms with van der Waals surface area (Å²) < 4.78 is 22.9. The molecule has 0 aliphatic carbocycles. The molecule has 1 aromatic rings. The Morgan fingerprint density at radius 3 is 2.67 bits per heavy atom. The van der Waals surface area contributed by atoms with Gasteiger partial charge in [0.15, 0.2) is 9.84 Å². The van der Waals surface area contributed by atoms with Gasteiger partial charge in [-0.3, -0.25) is 4.98 Å². The van der Waals surface area contributed by atoms with E-state index in [4.69, 9.17) is 5.73 Å². The van der Waals surface area contributed by atoms with Gasteiger partial charge in [0.1, 0.15) is 0 Å². The quantitative estimate of drug-likeness (QED) is 0.875. The maximum absolute atomic E-state index is 11.5. The van der Waals surface area contributed by atoms with Crippen LogP contribution in [-0.4, -0.2) is 38.0 Å². The lowest BCUT2D eigenvalue weighted by molar-refractivity contribution is 0.601. The van der Waals surface area contributed by atoms with Crippen molar-refractivity contribution in [1.82, 2.24) is 4.98 Å². The summed E-state index contributed by atoms with van der Waals surface area (Å²) in [7, 11) is -0.941. The van der Waals surface area contributed by atoms with Gasteiger partial charge in [-0.15, -0.1) is 0 Å². The highest BCUT2D eigenvalue weighted by Crippen LogP contribution is 2.22. The van der Waals surface area contributed by atoms with Gasteiger partial charge in [-0.2, -0.15) is 0 Å². The highest BCUT2D eigenvalue weighted by Gasteiger charge is 2.30. The molecule has 2 rings (SSSR count). The van der Waals surface area contributed by atoms with Crippen LogP contribution < -0.4 is 10.6 Å². The number of anilines is 1. The number of hydrogen-bond donors (Lipinski definition) is 1.